The summed E-state index contributed by atoms with van der Waals surface area (Å²) < 4.78 is 108. The topological polar surface area (TPSA) is 234 Å². The number of aromatic hydroxyl groups is 1. The molecule has 2 amide bonds. The van der Waals surface area contributed by atoms with E-state index in [1.54, 1.807) is 12.1 Å². The number of aliphatic hydroxyl groups is 2. The van der Waals surface area contributed by atoms with E-state index < -0.39 is 76.1 Å². The van der Waals surface area contributed by atoms with Crippen LogP contribution in [0.4, 0.5) is 57.9 Å². The van der Waals surface area contributed by atoms with Crippen molar-refractivity contribution in [3.8, 4) is 23.6 Å². The van der Waals surface area contributed by atoms with Gasteiger partial charge in [0, 0.05) is 28.8 Å². The number of hydrogen-bond acceptors (Lipinski definition) is 11. The van der Waals surface area contributed by atoms with Gasteiger partial charge in [-0.25, -0.2) is 18.5 Å². The van der Waals surface area contributed by atoms with Crippen molar-refractivity contribution in [3.05, 3.63) is 130 Å². The number of rotatable bonds is 9. The normalized spacial score (nSPS) is 11.7. The van der Waals surface area contributed by atoms with Crippen LogP contribution in [0, 0.1) is 47.4 Å². The second kappa shape index (κ2) is 30.3. The van der Waals surface area contributed by atoms with Crippen molar-refractivity contribution in [2.75, 3.05) is 22.6 Å². The third-order valence-corrected chi connectivity index (χ3v) is 8.38. The molecule has 26 heteroatoms. The van der Waals surface area contributed by atoms with Crippen molar-refractivity contribution in [2.24, 2.45) is 0 Å². The number of nitrogens with one attached hydrogen (secondary N) is 2. The summed E-state index contributed by atoms with van der Waals surface area (Å²) in [6, 6.07) is 15.3. The molecule has 0 aromatic heterocycles. The zero-order valence-corrected chi connectivity index (χ0v) is 41.7. The quantitative estimate of drug-likeness (QED) is 0.0310. The van der Waals surface area contributed by atoms with E-state index in [9.17, 15) is 54.9 Å². The molecule has 0 aliphatic carbocycles. The summed E-state index contributed by atoms with van der Waals surface area (Å²) in [6.45, 7) is 14.9. The molecule has 0 spiro atoms. The van der Waals surface area contributed by atoms with Crippen molar-refractivity contribution in [2.45, 2.75) is 44.8 Å². The Morgan fingerprint density at radius 2 is 1.18 bits per heavy atom. The van der Waals surface area contributed by atoms with Crippen molar-refractivity contribution < 1.29 is 184 Å². The van der Waals surface area contributed by atoms with Gasteiger partial charge in [0.2, 0.25) is 0 Å². The Hall–Kier alpha value is -4.08. The first-order chi connectivity index (χ1) is 29.2. The number of carbonyl (C=O) groups excluding carboxylic acids is 3. The number of phenolic OH excluding ortho intramolecular Hbond substituents is 1. The number of halogens is 9. The van der Waals surface area contributed by atoms with Crippen LogP contribution in [0.3, 0.4) is 0 Å². The van der Waals surface area contributed by atoms with Crippen LogP contribution in [0.15, 0.2) is 72.8 Å². The van der Waals surface area contributed by atoms with Crippen LogP contribution in [0.5, 0.6) is 11.5 Å². The van der Waals surface area contributed by atoms with Gasteiger partial charge in [-0.05, 0) is 62.4 Å². The first-order valence-corrected chi connectivity index (χ1v) is 17.6. The van der Waals surface area contributed by atoms with E-state index in [1.165, 1.54) is 31.2 Å². The maximum atomic E-state index is 13.6. The van der Waals surface area contributed by atoms with Gasteiger partial charge in [-0.3, -0.25) is 14.4 Å². The number of phenols is 1. The van der Waals surface area contributed by atoms with Gasteiger partial charge in [0.1, 0.15) is 47.5 Å². The van der Waals surface area contributed by atoms with E-state index in [1.807, 2.05) is 0 Å². The molecule has 2 atom stereocenters. The Kier molecular flexibility index (Phi) is 30.4. The van der Waals surface area contributed by atoms with Crippen LogP contribution in [-0.2, 0) is 31.6 Å². The summed E-state index contributed by atoms with van der Waals surface area (Å²) in [4.78, 5) is 40.7. The van der Waals surface area contributed by atoms with E-state index in [0.717, 1.165) is 43.3 Å². The Bertz CT molecular complexity index is 2460. The molecule has 0 aliphatic rings. The molecule has 0 heterocycles. The first kappa shape index (κ1) is 66.2. The summed E-state index contributed by atoms with van der Waals surface area (Å²) in [5.74, 6) is -3.70. The van der Waals surface area contributed by atoms with E-state index in [0.29, 0.717) is 12.1 Å². The average molecular weight is 1050 g/mol. The van der Waals surface area contributed by atoms with Gasteiger partial charge in [0.15, 0.2) is 17.0 Å². The van der Waals surface area contributed by atoms with Crippen LogP contribution in [0.1, 0.15) is 45.0 Å². The molecular weight excluding hydrogens is 1020 g/mol. The molecule has 342 valence electrons. The Morgan fingerprint density at radius 1 is 0.788 bits per heavy atom. The first-order valence-electron chi connectivity index (χ1n) is 16.5. The number of nitriles is 2. The number of ether oxygens (including phenoxy) is 1. The smallest absolute Gasteiger partial charge is 1.00 e. The van der Waals surface area contributed by atoms with Gasteiger partial charge in [0.25, 0.3) is 18.3 Å². The molecule has 0 bridgehead atoms. The van der Waals surface area contributed by atoms with Crippen molar-refractivity contribution in [1.82, 2.24) is 0 Å². The number of alkyl halides is 7. The fourth-order valence-corrected chi connectivity index (χ4v) is 4.28. The van der Waals surface area contributed by atoms with E-state index in [-0.39, 0.29) is 157 Å². The SMILES string of the molecule is C.N#Cc1ccc(O)cc1F.O=CO[O-].[C-]#[N+]c1ccc(NC(=O)[C@@](C)(O)CBr)cc1C(F)(F)F.[C-]#[N+]c1ccc(NC(=O)[C@@](C)(O)COc2ccc(C#N)c(F)c2)cc1C(F)(F)F.[H-].[K+].[K+]. The van der Waals surface area contributed by atoms with Crippen molar-refractivity contribution >= 4 is 57.0 Å². The van der Waals surface area contributed by atoms with E-state index in [2.05, 4.69) is 41.1 Å². The van der Waals surface area contributed by atoms with Gasteiger partial charge >= 0.3 is 115 Å². The maximum Gasteiger partial charge on any atom is 1.00 e. The summed E-state index contributed by atoms with van der Waals surface area (Å²) in [6.07, 6.45) is -9.50. The minimum Gasteiger partial charge on any atom is -1.00 e. The van der Waals surface area contributed by atoms with Crippen LogP contribution < -0.4 is 123 Å². The van der Waals surface area contributed by atoms with Gasteiger partial charge in [-0.1, -0.05) is 35.5 Å². The van der Waals surface area contributed by atoms with E-state index >= 15 is 0 Å². The van der Waals surface area contributed by atoms with Crippen LogP contribution in [0.2, 0.25) is 0 Å². The number of hydrogen-bond donors (Lipinski definition) is 5. The average Bonchev–Trinajstić information content (AvgIpc) is 3.22. The maximum absolute atomic E-state index is 13.6. The minimum absolute atomic E-state index is 0. The van der Waals surface area contributed by atoms with Gasteiger partial charge in [0.05, 0.1) is 35.4 Å². The second-order valence-electron chi connectivity index (χ2n) is 12.3. The molecule has 0 aliphatic heterocycles. The minimum atomic E-state index is -4.80. The van der Waals surface area contributed by atoms with Crippen molar-refractivity contribution in [3.63, 3.8) is 0 Å². The molecule has 4 aromatic rings. The zero-order valence-electron chi connectivity index (χ0n) is 34.9. The second-order valence-corrected chi connectivity index (χ2v) is 12.8. The third-order valence-electron chi connectivity index (χ3n) is 7.29. The van der Waals surface area contributed by atoms with Crippen LogP contribution in [0.25, 0.3) is 9.69 Å². The number of benzene rings is 4. The summed E-state index contributed by atoms with van der Waals surface area (Å²) in [5, 5.41) is 58.2. The number of nitrogens with zero attached hydrogens (tertiary/aromatic N) is 4. The summed E-state index contributed by atoms with van der Waals surface area (Å²) >= 11 is 2.92. The number of anilines is 2. The molecular formula is C40H33BrF8K2N6O9. The molecule has 0 unspecified atom stereocenters. The summed E-state index contributed by atoms with van der Waals surface area (Å²) in [7, 11) is 0. The molecule has 4 rings (SSSR count). The fraction of sp³-hybridized carbons (Fsp3) is 0.225. The Morgan fingerprint density at radius 3 is 1.52 bits per heavy atom. The van der Waals surface area contributed by atoms with Gasteiger partial charge in [-0.2, -0.15) is 36.9 Å². The van der Waals surface area contributed by atoms with Crippen LogP contribution in [-0.4, -0.2) is 56.7 Å². The van der Waals surface area contributed by atoms with E-state index in [4.69, 9.17) is 43.6 Å². The predicted molar refractivity (Wildman–Crippen MR) is 212 cm³/mol. The number of carbonyl (C=O) groups is 3. The molecule has 66 heavy (non-hydrogen) atoms. The standard InChI is InChI=1S/C19H13F4N3O3.C12H10BrF3N2O2.C7H4FNO.CH2O3.CH4.2K.H/c1-18(28,10-29-13-5-3-11(9-24)15(20)8-13)17(27)26-12-4-6-16(25-2)14(7-12)19(21,22)23;1-11(20,6-13)10(19)18-7-3-4-9(17-2)8(5-7)12(14,15)16;8-7-3-6(10)2-1-5(7)4-9;2-1-4-3;;;;/h3-8,28H,10H2,1H3,(H,26,27);3-5,20H,6H2,1H3,(H,18,19);1-3,10H;1,3H;1H4;;;/q;;;;;2*+1;-1/p-1/t18-;11-;;;;;;/m00....../s1. The Labute approximate surface area is 466 Å². The number of amides is 2. The third kappa shape index (κ3) is 21.7. The van der Waals surface area contributed by atoms with Crippen molar-refractivity contribution in [1.29, 1.82) is 10.5 Å². The molecule has 0 saturated heterocycles. The largest absolute Gasteiger partial charge is 1.00 e. The monoisotopic (exact) mass is 1050 g/mol. The fourth-order valence-electron chi connectivity index (χ4n) is 4.03. The van der Waals surface area contributed by atoms with Crippen LogP contribution >= 0.6 is 15.9 Å². The molecule has 0 radical (unpaired) electrons. The zero-order chi connectivity index (χ0) is 48.3. The molecule has 0 saturated carbocycles. The van der Waals surface area contributed by atoms with Gasteiger partial charge in [-0.15, -0.1) is 0 Å². The predicted octanol–water partition coefficient (Wildman–Crippen LogP) is 1.97. The molecule has 4 aromatic carbocycles. The Balaban J connectivity index is -0.000000453. The van der Waals surface area contributed by atoms with Gasteiger partial charge < -0.3 is 42.3 Å². The summed E-state index contributed by atoms with van der Waals surface area (Å²) in [5.41, 5.74) is -8.18. The molecule has 15 nitrogen and oxygen atoms in total. The molecule has 0 fully saturated rings. The molecule has 5 N–H and O–H groups in total.